The van der Waals surface area contributed by atoms with E-state index in [0.29, 0.717) is 25.3 Å². The van der Waals surface area contributed by atoms with Crippen LogP contribution in [-0.4, -0.2) is 62.6 Å². The Bertz CT molecular complexity index is 417. The minimum atomic E-state index is -0.410. The van der Waals surface area contributed by atoms with Crippen molar-refractivity contribution >= 4 is 23.6 Å². The first-order valence-electron chi connectivity index (χ1n) is 6.94. The van der Waals surface area contributed by atoms with Crippen LogP contribution in [0.1, 0.15) is 32.6 Å². The fraction of sp³-hybridized carbons (Fsp3) is 0.846. The van der Waals surface area contributed by atoms with Crippen molar-refractivity contribution in [3.8, 4) is 0 Å². The van der Waals surface area contributed by atoms with Crippen LogP contribution in [0.4, 0.5) is 0 Å². The molecule has 3 saturated heterocycles. The molecule has 3 unspecified atom stereocenters. The summed E-state index contributed by atoms with van der Waals surface area (Å²) in [6, 6.07) is -0.324. The average molecular weight is 284 g/mol. The van der Waals surface area contributed by atoms with Gasteiger partial charge in [0.05, 0.1) is 11.0 Å². The van der Waals surface area contributed by atoms with Crippen molar-refractivity contribution in [1.29, 1.82) is 0 Å². The Morgan fingerprint density at radius 2 is 2.32 bits per heavy atom. The number of aliphatic hydroxyl groups is 1. The number of β-amino-alcohol motifs (C(OH)–C–C–N with tert-alkyl or cyclic N) is 1. The van der Waals surface area contributed by atoms with Crippen LogP contribution in [0.2, 0.25) is 0 Å². The zero-order valence-electron chi connectivity index (χ0n) is 11.2. The summed E-state index contributed by atoms with van der Waals surface area (Å²) in [4.78, 5) is 27.9. The molecule has 6 heteroatoms. The number of rotatable bonds is 1. The molecule has 3 atom stereocenters. The van der Waals surface area contributed by atoms with Crippen LogP contribution in [0.3, 0.4) is 0 Å². The third-order valence-electron chi connectivity index (χ3n) is 4.44. The Hall–Kier alpha value is -0.750. The molecule has 3 rings (SSSR count). The molecule has 0 radical (unpaired) electrons. The molecule has 0 aliphatic carbocycles. The lowest BCUT2D eigenvalue weighted by molar-refractivity contribution is -0.145. The highest BCUT2D eigenvalue weighted by Crippen LogP contribution is 2.47. The number of hydrogen-bond donors (Lipinski definition) is 1. The summed E-state index contributed by atoms with van der Waals surface area (Å²) in [5, 5.41) is 9.68. The lowest BCUT2D eigenvalue weighted by atomic mass is 10.1. The van der Waals surface area contributed by atoms with Gasteiger partial charge in [-0.15, -0.1) is 11.8 Å². The molecular formula is C13H20N2O3S. The number of thioether (sulfide) groups is 1. The van der Waals surface area contributed by atoms with Crippen LogP contribution in [0.5, 0.6) is 0 Å². The molecule has 3 fully saturated rings. The first kappa shape index (κ1) is 13.2. The number of carbonyl (C=O) groups excluding carboxylic acids is 2. The van der Waals surface area contributed by atoms with Crippen LogP contribution in [0.15, 0.2) is 0 Å². The lowest BCUT2D eigenvalue weighted by Gasteiger charge is -2.35. The van der Waals surface area contributed by atoms with Gasteiger partial charge in [-0.05, 0) is 26.2 Å². The summed E-state index contributed by atoms with van der Waals surface area (Å²) in [6.07, 6.45) is 2.59. The molecule has 106 valence electrons. The van der Waals surface area contributed by atoms with Gasteiger partial charge in [0.1, 0.15) is 6.04 Å². The van der Waals surface area contributed by atoms with Gasteiger partial charge >= 0.3 is 0 Å². The van der Waals surface area contributed by atoms with Crippen LogP contribution in [0, 0.1) is 0 Å². The SMILES string of the molecule is CC12CCC(=O)N1C(C(=O)N1CCCC(O)C1)CS2. The fourth-order valence-corrected chi connectivity index (χ4v) is 4.79. The minimum Gasteiger partial charge on any atom is -0.391 e. The van der Waals surface area contributed by atoms with Gasteiger partial charge in [0.2, 0.25) is 11.8 Å². The molecular weight excluding hydrogens is 264 g/mol. The van der Waals surface area contributed by atoms with E-state index >= 15 is 0 Å². The molecule has 1 N–H and O–H groups in total. The number of hydrogen-bond acceptors (Lipinski definition) is 4. The Morgan fingerprint density at radius 3 is 3.05 bits per heavy atom. The third-order valence-corrected chi connectivity index (χ3v) is 5.94. The Morgan fingerprint density at radius 1 is 1.53 bits per heavy atom. The maximum absolute atomic E-state index is 12.6. The van der Waals surface area contributed by atoms with Gasteiger partial charge < -0.3 is 14.9 Å². The van der Waals surface area contributed by atoms with E-state index in [1.807, 2.05) is 0 Å². The molecule has 5 nitrogen and oxygen atoms in total. The Kier molecular flexibility index (Phi) is 3.25. The third kappa shape index (κ3) is 2.14. The maximum Gasteiger partial charge on any atom is 0.246 e. The number of fused-ring (bicyclic) bond motifs is 1. The van der Waals surface area contributed by atoms with Gasteiger partial charge in [0, 0.05) is 25.3 Å². The average Bonchev–Trinajstić information content (AvgIpc) is 2.86. The van der Waals surface area contributed by atoms with Crippen molar-refractivity contribution in [2.24, 2.45) is 0 Å². The Balaban J connectivity index is 1.75. The summed E-state index contributed by atoms with van der Waals surface area (Å²) < 4.78 is 0. The van der Waals surface area contributed by atoms with Gasteiger partial charge in [0.15, 0.2) is 0 Å². The van der Waals surface area contributed by atoms with Gasteiger partial charge in [-0.25, -0.2) is 0 Å². The van der Waals surface area contributed by atoms with Gasteiger partial charge in [-0.3, -0.25) is 9.59 Å². The second-order valence-electron chi connectivity index (χ2n) is 5.85. The normalized spacial score (nSPS) is 38.7. The number of carbonyl (C=O) groups is 2. The van der Waals surface area contributed by atoms with Gasteiger partial charge in [0.25, 0.3) is 0 Å². The van der Waals surface area contributed by atoms with E-state index in [1.54, 1.807) is 21.6 Å². The first-order chi connectivity index (χ1) is 9.01. The Labute approximate surface area is 117 Å². The van der Waals surface area contributed by atoms with Crippen LogP contribution in [0.25, 0.3) is 0 Å². The molecule has 2 amide bonds. The van der Waals surface area contributed by atoms with Crippen molar-refractivity contribution < 1.29 is 14.7 Å². The highest BCUT2D eigenvalue weighted by molar-refractivity contribution is 8.01. The summed E-state index contributed by atoms with van der Waals surface area (Å²) in [5.41, 5.74) is 0. The van der Waals surface area contributed by atoms with E-state index in [1.165, 1.54) is 0 Å². The van der Waals surface area contributed by atoms with E-state index < -0.39 is 6.10 Å². The second-order valence-corrected chi connectivity index (χ2v) is 7.35. The van der Waals surface area contributed by atoms with Crippen LogP contribution < -0.4 is 0 Å². The largest absolute Gasteiger partial charge is 0.391 e. The summed E-state index contributed by atoms with van der Waals surface area (Å²) >= 11 is 1.72. The first-order valence-corrected chi connectivity index (χ1v) is 7.93. The number of nitrogens with zero attached hydrogens (tertiary/aromatic N) is 2. The summed E-state index contributed by atoms with van der Waals surface area (Å²) in [5.74, 6) is 0.807. The predicted octanol–water partition coefficient (Wildman–Crippen LogP) is 0.424. The molecule has 3 aliphatic heterocycles. The number of likely N-dealkylation sites (tertiary alicyclic amines) is 1. The molecule has 19 heavy (non-hydrogen) atoms. The molecule has 3 heterocycles. The smallest absolute Gasteiger partial charge is 0.246 e. The molecule has 0 aromatic rings. The van der Waals surface area contributed by atoms with E-state index in [4.69, 9.17) is 0 Å². The standard InChI is InChI=1S/C13H20N2O3S/c1-13-5-4-11(17)15(13)10(8-19-13)12(18)14-6-2-3-9(16)7-14/h9-10,16H,2-8H2,1H3. The highest BCUT2D eigenvalue weighted by atomic mass is 32.2. The fourth-order valence-electron chi connectivity index (χ4n) is 3.37. The molecule has 0 spiro atoms. The van der Waals surface area contributed by atoms with Crippen molar-refractivity contribution in [1.82, 2.24) is 9.80 Å². The predicted molar refractivity (Wildman–Crippen MR) is 72.6 cm³/mol. The van der Waals surface area contributed by atoms with Gasteiger partial charge in [-0.1, -0.05) is 0 Å². The zero-order valence-corrected chi connectivity index (χ0v) is 12.0. The molecule has 0 saturated carbocycles. The van der Waals surface area contributed by atoms with E-state index in [-0.39, 0.29) is 22.7 Å². The molecule has 0 aromatic heterocycles. The highest BCUT2D eigenvalue weighted by Gasteiger charge is 2.53. The minimum absolute atomic E-state index is 0.0187. The monoisotopic (exact) mass is 284 g/mol. The summed E-state index contributed by atoms with van der Waals surface area (Å²) in [6.45, 7) is 3.18. The second kappa shape index (κ2) is 4.66. The quantitative estimate of drug-likeness (QED) is 0.758. The lowest BCUT2D eigenvalue weighted by Crippen LogP contribution is -2.54. The van der Waals surface area contributed by atoms with E-state index in [0.717, 1.165) is 19.3 Å². The van der Waals surface area contributed by atoms with Crippen LogP contribution in [-0.2, 0) is 9.59 Å². The zero-order chi connectivity index (χ0) is 13.6. The van der Waals surface area contributed by atoms with Crippen LogP contribution >= 0.6 is 11.8 Å². The van der Waals surface area contributed by atoms with Gasteiger partial charge in [-0.2, -0.15) is 0 Å². The van der Waals surface area contributed by atoms with Crippen molar-refractivity contribution in [2.75, 3.05) is 18.8 Å². The number of aliphatic hydroxyl groups excluding tert-OH is 1. The number of amides is 2. The maximum atomic E-state index is 12.6. The molecule has 3 aliphatic rings. The van der Waals surface area contributed by atoms with Crippen molar-refractivity contribution in [3.05, 3.63) is 0 Å². The molecule has 0 bridgehead atoms. The topological polar surface area (TPSA) is 60.9 Å². The molecule has 0 aromatic carbocycles. The summed E-state index contributed by atoms with van der Waals surface area (Å²) in [7, 11) is 0. The van der Waals surface area contributed by atoms with Crippen molar-refractivity contribution in [3.63, 3.8) is 0 Å². The van der Waals surface area contributed by atoms with E-state index in [9.17, 15) is 14.7 Å². The number of piperidine rings is 1. The van der Waals surface area contributed by atoms with E-state index in [2.05, 4.69) is 6.92 Å². The van der Waals surface area contributed by atoms with Crippen molar-refractivity contribution in [2.45, 2.75) is 49.6 Å².